The maximum Gasteiger partial charge on any atom is 0.250 e. The Balaban J connectivity index is 1.54. The maximum atomic E-state index is 12.9. The number of benzene rings is 2. The number of nitrogens with zero attached hydrogens (tertiary/aromatic N) is 3. The van der Waals surface area contributed by atoms with E-state index in [0.29, 0.717) is 41.9 Å². The zero-order chi connectivity index (χ0) is 22.4. The third kappa shape index (κ3) is 5.96. The molecule has 0 atom stereocenters. The van der Waals surface area contributed by atoms with Crippen molar-refractivity contribution < 1.29 is 9.59 Å². The number of rotatable bonds is 9. The minimum Gasteiger partial charge on any atom is -0.318 e. The van der Waals surface area contributed by atoms with E-state index in [0.717, 1.165) is 0 Å². The minimum atomic E-state index is -0.191. The van der Waals surface area contributed by atoms with Gasteiger partial charge < -0.3 is 10.2 Å². The number of amides is 2. The molecule has 0 radical (unpaired) electrons. The van der Waals surface area contributed by atoms with Crippen molar-refractivity contribution in [1.29, 1.82) is 0 Å². The summed E-state index contributed by atoms with van der Waals surface area (Å²) in [5.41, 5.74) is 3.00. The molecule has 0 saturated carbocycles. The van der Waals surface area contributed by atoms with Gasteiger partial charge in [-0.2, -0.15) is 0 Å². The number of likely N-dealkylation sites (N-methyl/N-ethyl adjacent to an activating group) is 2. The molecule has 1 aliphatic heterocycles. The molecule has 2 aromatic carbocycles. The second-order valence-corrected chi connectivity index (χ2v) is 8.20. The molecule has 31 heavy (non-hydrogen) atoms. The van der Waals surface area contributed by atoms with Gasteiger partial charge >= 0.3 is 0 Å². The van der Waals surface area contributed by atoms with Crippen molar-refractivity contribution in [3.05, 3.63) is 63.6 Å². The summed E-state index contributed by atoms with van der Waals surface area (Å²) in [4.78, 5) is 27.1. The summed E-state index contributed by atoms with van der Waals surface area (Å²) in [7, 11) is 3.56. The lowest BCUT2D eigenvalue weighted by atomic mass is 10.1. The summed E-state index contributed by atoms with van der Waals surface area (Å²) in [5.74, 6) is -0.299. The molecule has 9 heteroatoms. The molecule has 0 aliphatic carbocycles. The van der Waals surface area contributed by atoms with Crippen LogP contribution in [0.2, 0.25) is 10.0 Å². The summed E-state index contributed by atoms with van der Waals surface area (Å²) in [5, 5.41) is 10.5. The SMILES string of the molecule is CNCCN(C(=O)CNCC(=O)N(C)N1Cc2ccccc2C1)c1cc(Cl)ccc1Cl. The first kappa shape index (κ1) is 23.5. The predicted octanol–water partition coefficient (Wildman–Crippen LogP) is 2.52. The Kier molecular flexibility index (Phi) is 8.28. The van der Waals surface area contributed by atoms with E-state index in [1.165, 1.54) is 11.1 Å². The third-order valence-electron chi connectivity index (χ3n) is 5.25. The number of hydrazine groups is 1. The number of carbonyl (C=O) groups is 2. The lowest BCUT2D eigenvalue weighted by molar-refractivity contribution is -0.145. The highest BCUT2D eigenvalue weighted by Gasteiger charge is 2.25. The number of anilines is 1. The van der Waals surface area contributed by atoms with E-state index in [9.17, 15) is 9.59 Å². The van der Waals surface area contributed by atoms with Crippen LogP contribution in [0.25, 0.3) is 0 Å². The second-order valence-electron chi connectivity index (χ2n) is 7.36. The van der Waals surface area contributed by atoms with Gasteiger partial charge in [0.15, 0.2) is 0 Å². The van der Waals surface area contributed by atoms with Gasteiger partial charge in [-0.3, -0.25) is 19.9 Å². The van der Waals surface area contributed by atoms with Gasteiger partial charge in [-0.05, 0) is 36.4 Å². The van der Waals surface area contributed by atoms with E-state index in [4.69, 9.17) is 23.2 Å². The quantitative estimate of drug-likeness (QED) is 0.597. The molecular formula is C22H27Cl2N5O2. The largest absolute Gasteiger partial charge is 0.318 e. The summed E-state index contributed by atoms with van der Waals surface area (Å²) in [6.07, 6.45) is 0. The van der Waals surface area contributed by atoms with Gasteiger partial charge in [-0.25, -0.2) is 5.01 Å². The van der Waals surface area contributed by atoms with Crippen LogP contribution in [0.4, 0.5) is 5.69 Å². The van der Waals surface area contributed by atoms with Crippen LogP contribution in [0.5, 0.6) is 0 Å². The molecule has 3 rings (SSSR count). The highest BCUT2D eigenvalue weighted by atomic mass is 35.5. The molecule has 2 aromatic rings. The van der Waals surface area contributed by atoms with Gasteiger partial charge in [0.2, 0.25) is 5.91 Å². The molecule has 0 aromatic heterocycles. The van der Waals surface area contributed by atoms with Crippen molar-refractivity contribution in [3.63, 3.8) is 0 Å². The van der Waals surface area contributed by atoms with Crippen LogP contribution >= 0.6 is 23.2 Å². The van der Waals surface area contributed by atoms with Gasteiger partial charge in [-0.15, -0.1) is 0 Å². The summed E-state index contributed by atoms with van der Waals surface area (Å²) < 4.78 is 0. The van der Waals surface area contributed by atoms with E-state index in [1.54, 1.807) is 35.2 Å². The highest BCUT2D eigenvalue weighted by Crippen LogP contribution is 2.29. The van der Waals surface area contributed by atoms with Crippen LogP contribution in [-0.4, -0.2) is 62.1 Å². The summed E-state index contributed by atoms with van der Waals surface area (Å²) in [6.45, 7) is 2.47. The van der Waals surface area contributed by atoms with E-state index in [1.807, 2.05) is 24.2 Å². The zero-order valence-electron chi connectivity index (χ0n) is 17.7. The first-order chi connectivity index (χ1) is 14.9. The van der Waals surface area contributed by atoms with E-state index in [2.05, 4.69) is 22.8 Å². The van der Waals surface area contributed by atoms with Gasteiger partial charge in [0.25, 0.3) is 5.91 Å². The van der Waals surface area contributed by atoms with E-state index in [-0.39, 0.29) is 24.9 Å². The first-order valence-corrected chi connectivity index (χ1v) is 10.8. The molecule has 1 aliphatic rings. The van der Waals surface area contributed by atoms with Crippen LogP contribution in [0, 0.1) is 0 Å². The van der Waals surface area contributed by atoms with Gasteiger partial charge in [-0.1, -0.05) is 47.5 Å². The smallest absolute Gasteiger partial charge is 0.250 e. The Bertz CT molecular complexity index is 915. The maximum absolute atomic E-state index is 12.9. The van der Waals surface area contributed by atoms with Crippen molar-refractivity contribution in [2.75, 3.05) is 45.2 Å². The molecule has 0 unspecified atom stereocenters. The first-order valence-electron chi connectivity index (χ1n) is 10.1. The Morgan fingerprint density at radius 3 is 2.32 bits per heavy atom. The van der Waals surface area contributed by atoms with Crippen molar-refractivity contribution in [2.45, 2.75) is 13.1 Å². The molecule has 1 heterocycles. The van der Waals surface area contributed by atoms with Crippen LogP contribution in [0.15, 0.2) is 42.5 Å². The van der Waals surface area contributed by atoms with Gasteiger partial charge in [0.1, 0.15) is 0 Å². The molecular weight excluding hydrogens is 437 g/mol. The van der Waals surface area contributed by atoms with Crippen LogP contribution < -0.4 is 15.5 Å². The monoisotopic (exact) mass is 463 g/mol. The van der Waals surface area contributed by atoms with Gasteiger partial charge in [0.05, 0.1) is 23.8 Å². The Hall–Kier alpha value is -2.16. The van der Waals surface area contributed by atoms with E-state index >= 15 is 0 Å². The van der Waals surface area contributed by atoms with Crippen LogP contribution in [0.3, 0.4) is 0 Å². The fraction of sp³-hybridized carbons (Fsp3) is 0.364. The molecule has 2 N–H and O–H groups in total. The molecule has 166 valence electrons. The molecule has 7 nitrogen and oxygen atoms in total. The lowest BCUT2D eigenvalue weighted by Gasteiger charge is -2.28. The molecule has 2 amide bonds. The van der Waals surface area contributed by atoms with Crippen molar-refractivity contribution >= 4 is 40.7 Å². The molecule has 0 bridgehead atoms. The molecule has 0 saturated heterocycles. The minimum absolute atomic E-state index is 0.00631. The van der Waals surface area contributed by atoms with Gasteiger partial charge in [0, 0.05) is 38.2 Å². The summed E-state index contributed by atoms with van der Waals surface area (Å²) in [6, 6.07) is 13.2. The lowest BCUT2D eigenvalue weighted by Crippen LogP contribution is -2.47. The standard InChI is InChI=1S/C22H27Cl2N5O2/c1-25-9-10-29(20-11-18(23)7-8-19(20)24)22(31)13-26-12-21(30)27(2)28-14-16-5-3-4-6-17(16)15-28/h3-8,11,25-26H,9-10,12-15H2,1-2H3. The number of hydrogen-bond acceptors (Lipinski definition) is 5. The number of carbonyl (C=O) groups excluding carboxylic acids is 2. The predicted molar refractivity (Wildman–Crippen MR) is 124 cm³/mol. The summed E-state index contributed by atoms with van der Waals surface area (Å²) >= 11 is 12.4. The highest BCUT2D eigenvalue weighted by molar-refractivity contribution is 6.35. The zero-order valence-corrected chi connectivity index (χ0v) is 19.2. The van der Waals surface area contributed by atoms with Crippen molar-refractivity contribution in [1.82, 2.24) is 20.7 Å². The average molecular weight is 464 g/mol. The van der Waals surface area contributed by atoms with Crippen LogP contribution in [-0.2, 0) is 22.7 Å². The van der Waals surface area contributed by atoms with Crippen molar-refractivity contribution in [2.24, 2.45) is 0 Å². The fourth-order valence-electron chi connectivity index (χ4n) is 3.47. The second kappa shape index (κ2) is 10.9. The average Bonchev–Trinajstić information content (AvgIpc) is 3.20. The molecule has 0 fully saturated rings. The number of halogens is 2. The van der Waals surface area contributed by atoms with E-state index < -0.39 is 0 Å². The topological polar surface area (TPSA) is 67.9 Å². The Morgan fingerprint density at radius 2 is 1.68 bits per heavy atom. The number of nitrogens with one attached hydrogen (secondary N) is 2. The van der Waals surface area contributed by atoms with Crippen molar-refractivity contribution in [3.8, 4) is 0 Å². The Labute approximate surface area is 192 Å². The van der Waals surface area contributed by atoms with Crippen LogP contribution in [0.1, 0.15) is 11.1 Å². The number of fused-ring (bicyclic) bond motifs is 1. The Morgan fingerprint density at radius 1 is 1.03 bits per heavy atom. The molecule has 0 spiro atoms. The fourth-order valence-corrected chi connectivity index (χ4v) is 3.85. The number of hydrogen-bond donors (Lipinski definition) is 2. The third-order valence-corrected chi connectivity index (χ3v) is 5.80. The normalized spacial score (nSPS) is 13.2.